The van der Waals surface area contributed by atoms with Crippen LogP contribution in [0.3, 0.4) is 0 Å². The van der Waals surface area contributed by atoms with Crippen molar-refractivity contribution in [2.45, 2.75) is 25.9 Å². The van der Waals surface area contributed by atoms with Crippen LogP contribution in [0.1, 0.15) is 18.1 Å². The number of fused-ring (bicyclic) bond motifs is 1. The van der Waals surface area contributed by atoms with E-state index in [1.54, 1.807) is 14.2 Å². The van der Waals surface area contributed by atoms with E-state index in [-0.39, 0.29) is 30.0 Å². The summed E-state index contributed by atoms with van der Waals surface area (Å²) in [5, 5.41) is 6.69. The zero-order valence-corrected chi connectivity index (χ0v) is 16.7. The van der Waals surface area contributed by atoms with Crippen molar-refractivity contribution in [1.29, 1.82) is 0 Å². The number of benzene rings is 1. The third-order valence-corrected chi connectivity index (χ3v) is 3.95. The minimum Gasteiger partial charge on any atom is -0.383 e. The molecule has 0 aliphatic carbocycles. The van der Waals surface area contributed by atoms with Crippen molar-refractivity contribution in [2.24, 2.45) is 4.99 Å². The second-order valence-electron chi connectivity index (χ2n) is 5.79. The maximum Gasteiger partial charge on any atom is 0.191 e. The van der Waals surface area contributed by atoms with Crippen LogP contribution < -0.4 is 10.6 Å². The smallest absolute Gasteiger partial charge is 0.191 e. The van der Waals surface area contributed by atoms with E-state index in [0.29, 0.717) is 6.61 Å². The highest BCUT2D eigenvalue weighted by Gasteiger charge is 2.15. The second-order valence-corrected chi connectivity index (χ2v) is 5.79. The molecule has 2 rings (SSSR count). The molecule has 0 radical (unpaired) electrons. The Hall–Kier alpha value is -0.860. The Morgan fingerprint density at radius 3 is 2.78 bits per heavy atom. The van der Waals surface area contributed by atoms with E-state index in [2.05, 4.69) is 51.7 Å². The number of nitrogens with zero attached hydrogens (tertiary/aromatic N) is 2. The number of nitrogens with one attached hydrogen (secondary N) is 2. The maximum absolute atomic E-state index is 5.13. The highest BCUT2D eigenvalue weighted by Crippen LogP contribution is 2.17. The monoisotopic (exact) mass is 432 g/mol. The van der Waals surface area contributed by atoms with E-state index in [4.69, 9.17) is 4.74 Å². The number of methoxy groups -OCH3 is 1. The largest absolute Gasteiger partial charge is 0.383 e. The van der Waals surface area contributed by atoms with Crippen LogP contribution in [0.4, 0.5) is 0 Å². The first kappa shape index (κ1) is 20.2. The Bertz CT molecular complexity index is 495. The fourth-order valence-electron chi connectivity index (χ4n) is 2.80. The lowest BCUT2D eigenvalue weighted by molar-refractivity contribution is 0.179. The summed E-state index contributed by atoms with van der Waals surface area (Å²) >= 11 is 0. The molecule has 1 unspecified atom stereocenters. The van der Waals surface area contributed by atoms with E-state index in [0.717, 1.165) is 38.6 Å². The van der Waals surface area contributed by atoms with Crippen molar-refractivity contribution in [3.8, 4) is 0 Å². The summed E-state index contributed by atoms with van der Waals surface area (Å²) in [7, 11) is 3.51. The predicted molar refractivity (Wildman–Crippen MR) is 107 cm³/mol. The average Bonchev–Trinajstić information content (AvgIpc) is 2.54. The zero-order valence-electron chi connectivity index (χ0n) is 14.3. The van der Waals surface area contributed by atoms with Gasteiger partial charge in [0.25, 0.3) is 0 Å². The number of ether oxygens (including phenoxy) is 1. The third-order valence-electron chi connectivity index (χ3n) is 3.95. The van der Waals surface area contributed by atoms with Gasteiger partial charge in [-0.3, -0.25) is 9.89 Å². The van der Waals surface area contributed by atoms with Gasteiger partial charge in [0, 0.05) is 46.4 Å². The van der Waals surface area contributed by atoms with Crippen LogP contribution in [0.5, 0.6) is 0 Å². The molecule has 1 aromatic carbocycles. The number of halogens is 1. The summed E-state index contributed by atoms with van der Waals surface area (Å²) in [6.07, 6.45) is 1.15. The van der Waals surface area contributed by atoms with Gasteiger partial charge in [-0.05, 0) is 24.5 Å². The van der Waals surface area contributed by atoms with Gasteiger partial charge in [-0.25, -0.2) is 0 Å². The van der Waals surface area contributed by atoms with Crippen LogP contribution in [-0.2, 0) is 17.7 Å². The van der Waals surface area contributed by atoms with Crippen LogP contribution in [0.15, 0.2) is 29.3 Å². The van der Waals surface area contributed by atoms with Gasteiger partial charge in [-0.2, -0.15) is 0 Å². The van der Waals surface area contributed by atoms with Crippen molar-refractivity contribution >= 4 is 29.9 Å². The quantitative estimate of drug-likeness (QED) is 0.410. The Balaban J connectivity index is 0.00000264. The molecule has 6 heteroatoms. The first-order chi connectivity index (χ1) is 10.7. The van der Waals surface area contributed by atoms with Crippen molar-refractivity contribution in [3.05, 3.63) is 35.4 Å². The zero-order chi connectivity index (χ0) is 15.8. The lowest BCUT2D eigenvalue weighted by Crippen LogP contribution is -2.46. The molecule has 1 heterocycles. The SMILES string of the molecule is CN=C(NCCN1CCc2ccccc2C1)NC(C)COC.I. The fraction of sp³-hybridized carbons (Fsp3) is 0.588. The molecule has 2 N–H and O–H groups in total. The summed E-state index contributed by atoms with van der Waals surface area (Å²) in [5.74, 6) is 0.835. The minimum absolute atomic E-state index is 0. The molecule has 0 fully saturated rings. The summed E-state index contributed by atoms with van der Waals surface area (Å²) in [6, 6.07) is 8.99. The van der Waals surface area contributed by atoms with Crippen molar-refractivity contribution in [3.63, 3.8) is 0 Å². The normalized spacial score (nSPS) is 16.2. The summed E-state index contributed by atoms with van der Waals surface area (Å²) < 4.78 is 5.13. The van der Waals surface area contributed by atoms with Gasteiger partial charge in [0.15, 0.2) is 5.96 Å². The van der Waals surface area contributed by atoms with Crippen molar-refractivity contribution in [2.75, 3.05) is 40.4 Å². The molecule has 1 aliphatic rings. The lowest BCUT2D eigenvalue weighted by Gasteiger charge is -2.29. The molecule has 0 aromatic heterocycles. The van der Waals surface area contributed by atoms with Crippen LogP contribution >= 0.6 is 24.0 Å². The van der Waals surface area contributed by atoms with Gasteiger partial charge in [0.1, 0.15) is 0 Å². The maximum atomic E-state index is 5.13. The molecule has 23 heavy (non-hydrogen) atoms. The molecular weight excluding hydrogens is 403 g/mol. The topological polar surface area (TPSA) is 48.9 Å². The highest BCUT2D eigenvalue weighted by atomic mass is 127. The van der Waals surface area contributed by atoms with E-state index >= 15 is 0 Å². The van der Waals surface area contributed by atoms with Crippen molar-refractivity contribution in [1.82, 2.24) is 15.5 Å². The Morgan fingerprint density at radius 2 is 2.09 bits per heavy atom. The van der Waals surface area contributed by atoms with E-state index in [1.807, 2.05) is 0 Å². The van der Waals surface area contributed by atoms with Gasteiger partial charge in [-0.1, -0.05) is 24.3 Å². The molecule has 0 amide bonds. The Kier molecular flexibility index (Phi) is 9.50. The number of hydrogen-bond donors (Lipinski definition) is 2. The molecule has 5 nitrogen and oxygen atoms in total. The van der Waals surface area contributed by atoms with Crippen LogP contribution in [-0.4, -0.2) is 57.3 Å². The summed E-state index contributed by atoms with van der Waals surface area (Å²) in [4.78, 5) is 6.74. The highest BCUT2D eigenvalue weighted by molar-refractivity contribution is 14.0. The third kappa shape index (κ3) is 6.64. The van der Waals surface area contributed by atoms with Crippen LogP contribution in [0, 0.1) is 0 Å². The molecular formula is C17H29IN4O. The first-order valence-corrected chi connectivity index (χ1v) is 7.98. The second kappa shape index (κ2) is 10.8. The number of rotatable bonds is 6. The molecule has 130 valence electrons. The van der Waals surface area contributed by atoms with E-state index in [1.165, 1.54) is 11.1 Å². The standard InChI is InChI=1S/C17H28N4O.HI/c1-14(13-22-3)20-17(18-2)19-9-11-21-10-8-15-6-4-5-7-16(15)12-21;/h4-7,14H,8-13H2,1-3H3,(H2,18,19,20);1H. The summed E-state index contributed by atoms with van der Waals surface area (Å²) in [5.41, 5.74) is 2.96. The Morgan fingerprint density at radius 1 is 1.35 bits per heavy atom. The first-order valence-electron chi connectivity index (χ1n) is 7.98. The molecule has 0 saturated carbocycles. The lowest BCUT2D eigenvalue weighted by atomic mass is 10.00. The molecule has 0 spiro atoms. The predicted octanol–water partition coefficient (Wildman–Crippen LogP) is 1.86. The minimum atomic E-state index is 0. The summed E-state index contributed by atoms with van der Waals surface area (Å²) in [6.45, 7) is 6.84. The average molecular weight is 432 g/mol. The van der Waals surface area contributed by atoms with Gasteiger partial charge >= 0.3 is 0 Å². The van der Waals surface area contributed by atoms with Crippen LogP contribution in [0.25, 0.3) is 0 Å². The molecule has 1 aliphatic heterocycles. The van der Waals surface area contributed by atoms with Crippen molar-refractivity contribution < 1.29 is 4.74 Å². The van der Waals surface area contributed by atoms with Gasteiger partial charge in [-0.15, -0.1) is 24.0 Å². The van der Waals surface area contributed by atoms with E-state index < -0.39 is 0 Å². The van der Waals surface area contributed by atoms with Gasteiger partial charge in [0.2, 0.25) is 0 Å². The van der Waals surface area contributed by atoms with E-state index in [9.17, 15) is 0 Å². The molecule has 1 atom stereocenters. The Labute approximate surface area is 156 Å². The van der Waals surface area contributed by atoms with Gasteiger partial charge in [0.05, 0.1) is 6.61 Å². The molecule has 0 saturated heterocycles. The molecule has 0 bridgehead atoms. The van der Waals surface area contributed by atoms with Gasteiger partial charge < -0.3 is 15.4 Å². The molecule has 1 aromatic rings. The van der Waals surface area contributed by atoms with Crippen LogP contribution in [0.2, 0.25) is 0 Å². The fourth-order valence-corrected chi connectivity index (χ4v) is 2.80. The number of aliphatic imine (C=N–C) groups is 1. The number of hydrogen-bond acceptors (Lipinski definition) is 3. The number of guanidine groups is 1.